The lowest BCUT2D eigenvalue weighted by molar-refractivity contribution is 0.382. The number of hydrogen-bond acceptors (Lipinski definition) is 1. The average Bonchev–Trinajstić information content (AvgIpc) is 2.22. The van der Waals surface area contributed by atoms with Crippen LogP contribution in [0.4, 0.5) is 4.39 Å². The summed E-state index contributed by atoms with van der Waals surface area (Å²) < 4.78 is 18.8. The quantitative estimate of drug-likeness (QED) is 0.758. The van der Waals surface area contributed by atoms with Crippen molar-refractivity contribution in [1.29, 1.82) is 0 Å². The number of ether oxygens (including phenoxy) is 1. The first-order valence-corrected chi connectivity index (χ1v) is 6.41. The maximum atomic E-state index is 13.5. The van der Waals surface area contributed by atoms with Crippen LogP contribution in [0.25, 0.3) is 0 Å². The van der Waals surface area contributed by atoms with Crippen molar-refractivity contribution in [3.05, 3.63) is 29.1 Å². The first-order valence-electron chi connectivity index (χ1n) is 5.28. The van der Waals surface area contributed by atoms with Crippen molar-refractivity contribution >= 4 is 15.9 Å². The molecule has 3 heteroatoms. The lowest BCUT2D eigenvalue weighted by Gasteiger charge is -2.23. The van der Waals surface area contributed by atoms with Crippen LogP contribution in [0.1, 0.15) is 25.0 Å². The first kappa shape index (κ1) is 13.5. The Bertz CT molecular complexity index is 374. The van der Waals surface area contributed by atoms with E-state index in [0.717, 1.165) is 23.1 Å². The van der Waals surface area contributed by atoms with Gasteiger partial charge in [0.25, 0.3) is 0 Å². The maximum absolute atomic E-state index is 13.5. The number of rotatable bonds is 4. The van der Waals surface area contributed by atoms with Gasteiger partial charge >= 0.3 is 0 Å². The van der Waals surface area contributed by atoms with E-state index in [0.29, 0.717) is 5.56 Å². The second kappa shape index (κ2) is 5.17. The van der Waals surface area contributed by atoms with Gasteiger partial charge in [0.15, 0.2) is 0 Å². The Hall–Kier alpha value is -0.570. The van der Waals surface area contributed by atoms with Crippen molar-refractivity contribution < 1.29 is 9.13 Å². The largest absolute Gasteiger partial charge is 0.496 e. The van der Waals surface area contributed by atoms with Crippen LogP contribution in [0.2, 0.25) is 0 Å². The molecule has 1 rings (SSSR count). The summed E-state index contributed by atoms with van der Waals surface area (Å²) in [5.41, 5.74) is 1.64. The number of benzene rings is 1. The summed E-state index contributed by atoms with van der Waals surface area (Å²) in [6.07, 6.45) is 0.790. The molecule has 0 atom stereocenters. The minimum Gasteiger partial charge on any atom is -0.496 e. The zero-order valence-corrected chi connectivity index (χ0v) is 11.8. The van der Waals surface area contributed by atoms with Crippen LogP contribution in [0.5, 0.6) is 5.75 Å². The molecule has 0 aliphatic heterocycles. The van der Waals surface area contributed by atoms with Gasteiger partial charge in [0.1, 0.15) is 11.6 Å². The summed E-state index contributed by atoms with van der Waals surface area (Å²) in [5, 5.41) is 0.874. The molecule has 16 heavy (non-hydrogen) atoms. The third-order valence-electron chi connectivity index (χ3n) is 2.59. The minimum absolute atomic E-state index is 0.0922. The van der Waals surface area contributed by atoms with Gasteiger partial charge in [0.2, 0.25) is 0 Å². The summed E-state index contributed by atoms with van der Waals surface area (Å²) in [4.78, 5) is 0. The van der Waals surface area contributed by atoms with Gasteiger partial charge in [0.05, 0.1) is 7.11 Å². The number of aryl methyl sites for hydroxylation is 1. The van der Waals surface area contributed by atoms with Gasteiger partial charge in [-0.2, -0.15) is 0 Å². The second-order valence-corrected chi connectivity index (χ2v) is 5.45. The molecule has 0 aliphatic rings. The van der Waals surface area contributed by atoms with E-state index in [4.69, 9.17) is 4.74 Å². The van der Waals surface area contributed by atoms with Crippen molar-refractivity contribution in [3.63, 3.8) is 0 Å². The topological polar surface area (TPSA) is 9.23 Å². The van der Waals surface area contributed by atoms with Gasteiger partial charge in [-0.3, -0.25) is 0 Å². The molecule has 0 unspecified atom stereocenters. The summed E-state index contributed by atoms with van der Waals surface area (Å²) in [6.45, 7) is 6.02. The third kappa shape index (κ3) is 3.21. The lowest BCUT2D eigenvalue weighted by atomic mass is 9.87. The Morgan fingerprint density at radius 1 is 1.38 bits per heavy atom. The highest BCUT2D eigenvalue weighted by Gasteiger charge is 2.20. The van der Waals surface area contributed by atoms with Crippen LogP contribution in [-0.4, -0.2) is 12.4 Å². The zero-order valence-electron chi connectivity index (χ0n) is 10.2. The molecule has 0 amide bonds. The van der Waals surface area contributed by atoms with E-state index >= 15 is 0 Å². The minimum atomic E-state index is -0.166. The van der Waals surface area contributed by atoms with Crippen molar-refractivity contribution in [2.75, 3.05) is 12.4 Å². The van der Waals surface area contributed by atoms with E-state index in [1.54, 1.807) is 26.2 Å². The predicted molar refractivity (Wildman–Crippen MR) is 69.0 cm³/mol. The molecule has 1 nitrogen and oxygen atoms in total. The van der Waals surface area contributed by atoms with Crippen LogP contribution in [0, 0.1) is 18.2 Å². The molecule has 1 aromatic rings. The molecule has 0 fully saturated rings. The van der Waals surface area contributed by atoms with Gasteiger partial charge in [-0.05, 0) is 42.0 Å². The Kier molecular flexibility index (Phi) is 4.36. The number of halogens is 2. The van der Waals surface area contributed by atoms with Crippen molar-refractivity contribution in [1.82, 2.24) is 0 Å². The fourth-order valence-corrected chi connectivity index (χ4v) is 1.79. The Labute approximate surface area is 105 Å². The molecule has 0 saturated heterocycles. The SMILES string of the molecule is COc1cc(C)c(F)cc1CC(C)(C)CBr. The van der Waals surface area contributed by atoms with Crippen LogP contribution in [-0.2, 0) is 6.42 Å². The molecule has 0 N–H and O–H groups in total. The highest BCUT2D eigenvalue weighted by molar-refractivity contribution is 9.09. The molecule has 0 aliphatic carbocycles. The molecular weight excluding hydrogens is 271 g/mol. The summed E-state index contributed by atoms with van der Waals surface area (Å²) >= 11 is 3.47. The third-order valence-corrected chi connectivity index (χ3v) is 4.11. The summed E-state index contributed by atoms with van der Waals surface area (Å²) in [5.74, 6) is 0.606. The van der Waals surface area contributed by atoms with Gasteiger partial charge in [-0.15, -0.1) is 0 Å². The van der Waals surface area contributed by atoms with Crippen molar-refractivity contribution in [2.45, 2.75) is 27.2 Å². The predicted octanol–water partition coefficient (Wildman–Crippen LogP) is 4.11. The second-order valence-electron chi connectivity index (χ2n) is 4.89. The number of methoxy groups -OCH3 is 1. The fraction of sp³-hybridized carbons (Fsp3) is 0.538. The highest BCUT2D eigenvalue weighted by Crippen LogP contribution is 2.30. The van der Waals surface area contributed by atoms with E-state index in [2.05, 4.69) is 29.8 Å². The van der Waals surface area contributed by atoms with Crippen LogP contribution in [0.15, 0.2) is 12.1 Å². The van der Waals surface area contributed by atoms with Gasteiger partial charge in [-0.25, -0.2) is 4.39 Å². The summed E-state index contributed by atoms with van der Waals surface area (Å²) in [6, 6.07) is 3.34. The van der Waals surface area contributed by atoms with Crippen LogP contribution in [0.3, 0.4) is 0 Å². The Morgan fingerprint density at radius 2 is 2.00 bits per heavy atom. The molecule has 0 aromatic heterocycles. The van der Waals surface area contributed by atoms with Gasteiger partial charge < -0.3 is 4.74 Å². The van der Waals surface area contributed by atoms with Gasteiger partial charge in [0, 0.05) is 5.33 Å². The van der Waals surface area contributed by atoms with Crippen LogP contribution < -0.4 is 4.74 Å². The van der Waals surface area contributed by atoms with E-state index in [9.17, 15) is 4.39 Å². The lowest BCUT2D eigenvalue weighted by Crippen LogP contribution is -2.17. The average molecular weight is 289 g/mol. The van der Waals surface area contributed by atoms with E-state index in [-0.39, 0.29) is 11.2 Å². The van der Waals surface area contributed by atoms with Crippen LogP contribution >= 0.6 is 15.9 Å². The summed E-state index contributed by atoms with van der Waals surface area (Å²) in [7, 11) is 1.62. The molecular formula is C13H18BrFO. The van der Waals surface area contributed by atoms with Gasteiger partial charge in [-0.1, -0.05) is 29.8 Å². The normalized spacial score (nSPS) is 11.6. The molecule has 1 aromatic carbocycles. The fourth-order valence-electron chi connectivity index (χ4n) is 1.59. The highest BCUT2D eigenvalue weighted by atomic mass is 79.9. The van der Waals surface area contributed by atoms with Crippen molar-refractivity contribution in [3.8, 4) is 5.75 Å². The molecule has 0 spiro atoms. The number of alkyl halides is 1. The molecule has 0 saturated carbocycles. The molecule has 0 heterocycles. The molecule has 0 bridgehead atoms. The van der Waals surface area contributed by atoms with E-state index < -0.39 is 0 Å². The smallest absolute Gasteiger partial charge is 0.126 e. The molecule has 0 radical (unpaired) electrons. The van der Waals surface area contributed by atoms with E-state index in [1.807, 2.05) is 0 Å². The first-order chi connectivity index (χ1) is 7.39. The Morgan fingerprint density at radius 3 is 2.50 bits per heavy atom. The zero-order chi connectivity index (χ0) is 12.3. The maximum Gasteiger partial charge on any atom is 0.126 e. The standard InChI is InChI=1S/C13H18BrFO/c1-9-5-12(16-4)10(6-11(9)15)7-13(2,3)8-14/h5-6H,7-8H2,1-4H3. The van der Waals surface area contributed by atoms with Crippen molar-refractivity contribution in [2.24, 2.45) is 5.41 Å². The number of hydrogen-bond donors (Lipinski definition) is 0. The van der Waals surface area contributed by atoms with E-state index in [1.165, 1.54) is 0 Å². The monoisotopic (exact) mass is 288 g/mol. The Balaban J connectivity index is 3.08. The molecule has 90 valence electrons.